The Morgan fingerprint density at radius 1 is 1.37 bits per heavy atom. The van der Waals surface area contributed by atoms with E-state index in [9.17, 15) is 14.7 Å². The van der Waals surface area contributed by atoms with E-state index in [1.54, 1.807) is 0 Å². The predicted molar refractivity (Wildman–Crippen MR) is 68.2 cm³/mol. The summed E-state index contributed by atoms with van der Waals surface area (Å²) in [4.78, 5) is 23.8. The van der Waals surface area contributed by atoms with Gasteiger partial charge in [-0.2, -0.15) is 0 Å². The lowest BCUT2D eigenvalue weighted by molar-refractivity contribution is -0.143. The Balaban J connectivity index is 2.10. The second kappa shape index (κ2) is 4.17. The SMILES string of the molecule is CC1=C2C3OC(=O)C(C)C3CCC2(CO)CCC1=O. The van der Waals surface area contributed by atoms with E-state index in [1.165, 1.54) is 0 Å². The van der Waals surface area contributed by atoms with Crippen molar-refractivity contribution in [2.45, 2.75) is 45.6 Å². The summed E-state index contributed by atoms with van der Waals surface area (Å²) in [6, 6.07) is 0. The van der Waals surface area contributed by atoms with E-state index in [-0.39, 0.29) is 41.7 Å². The van der Waals surface area contributed by atoms with Gasteiger partial charge in [-0.25, -0.2) is 0 Å². The monoisotopic (exact) mass is 264 g/mol. The zero-order valence-corrected chi connectivity index (χ0v) is 11.4. The number of Topliss-reactive ketones (excluding diaryl/α,β-unsaturated/α-hetero) is 1. The summed E-state index contributed by atoms with van der Waals surface area (Å²) in [5.41, 5.74) is 1.31. The van der Waals surface area contributed by atoms with Crippen molar-refractivity contribution in [1.82, 2.24) is 0 Å². The van der Waals surface area contributed by atoms with Crippen molar-refractivity contribution >= 4 is 11.8 Å². The van der Waals surface area contributed by atoms with Gasteiger partial charge < -0.3 is 9.84 Å². The fourth-order valence-corrected chi connectivity index (χ4v) is 4.12. The first-order valence-corrected chi connectivity index (χ1v) is 7.06. The second-order valence-electron chi connectivity index (χ2n) is 6.25. The van der Waals surface area contributed by atoms with Gasteiger partial charge in [0, 0.05) is 17.8 Å². The number of carbonyl (C=O) groups is 2. The number of hydrogen-bond acceptors (Lipinski definition) is 4. The van der Waals surface area contributed by atoms with Gasteiger partial charge in [0.15, 0.2) is 5.78 Å². The summed E-state index contributed by atoms with van der Waals surface area (Å²) in [6.45, 7) is 3.77. The van der Waals surface area contributed by atoms with Crippen LogP contribution in [0.4, 0.5) is 0 Å². The number of fused-ring (bicyclic) bond motifs is 3. The number of ether oxygens (including phenoxy) is 1. The highest BCUT2D eigenvalue weighted by atomic mass is 16.6. The molecule has 0 radical (unpaired) electrons. The first kappa shape index (κ1) is 12.9. The maximum absolute atomic E-state index is 12.0. The van der Waals surface area contributed by atoms with Gasteiger partial charge in [-0.1, -0.05) is 6.92 Å². The molecule has 0 aromatic rings. The Kier molecular flexibility index (Phi) is 2.82. The van der Waals surface area contributed by atoms with E-state index >= 15 is 0 Å². The van der Waals surface area contributed by atoms with Crippen molar-refractivity contribution in [1.29, 1.82) is 0 Å². The number of allylic oxidation sites excluding steroid dienone is 1. The molecule has 3 rings (SSSR count). The minimum atomic E-state index is -0.330. The number of esters is 1. The molecule has 4 atom stereocenters. The van der Waals surface area contributed by atoms with Crippen LogP contribution < -0.4 is 0 Å². The van der Waals surface area contributed by atoms with E-state index in [0.717, 1.165) is 24.0 Å². The van der Waals surface area contributed by atoms with Gasteiger partial charge >= 0.3 is 5.97 Å². The summed E-state index contributed by atoms with van der Waals surface area (Å²) in [5.74, 6) is 0.0411. The zero-order valence-electron chi connectivity index (χ0n) is 11.4. The molecule has 1 aliphatic heterocycles. The lowest BCUT2D eigenvalue weighted by atomic mass is 9.59. The highest BCUT2D eigenvalue weighted by Gasteiger charge is 2.55. The van der Waals surface area contributed by atoms with Crippen LogP contribution in [0.1, 0.15) is 39.5 Å². The largest absolute Gasteiger partial charge is 0.457 e. The number of carbonyl (C=O) groups excluding carboxylic acids is 2. The van der Waals surface area contributed by atoms with Crippen LogP contribution in [-0.2, 0) is 14.3 Å². The molecule has 0 aromatic heterocycles. The molecule has 0 aromatic carbocycles. The van der Waals surface area contributed by atoms with Gasteiger partial charge in [-0.05, 0) is 37.3 Å². The van der Waals surface area contributed by atoms with Crippen LogP contribution in [0.5, 0.6) is 0 Å². The van der Waals surface area contributed by atoms with Crippen molar-refractivity contribution in [3.63, 3.8) is 0 Å². The van der Waals surface area contributed by atoms with Crippen LogP contribution in [0, 0.1) is 17.3 Å². The van der Waals surface area contributed by atoms with Gasteiger partial charge in [0.1, 0.15) is 6.10 Å². The number of aliphatic hydroxyl groups is 1. The van der Waals surface area contributed by atoms with Crippen molar-refractivity contribution in [2.75, 3.05) is 6.61 Å². The molecule has 0 bridgehead atoms. The predicted octanol–water partition coefficient (Wildman–Crippen LogP) is 1.62. The summed E-state index contributed by atoms with van der Waals surface area (Å²) in [6.07, 6.45) is 2.64. The smallest absolute Gasteiger partial charge is 0.309 e. The van der Waals surface area contributed by atoms with Crippen LogP contribution in [0.15, 0.2) is 11.1 Å². The highest BCUT2D eigenvalue weighted by Crippen LogP contribution is 2.54. The van der Waals surface area contributed by atoms with Crippen LogP contribution in [0.2, 0.25) is 0 Å². The van der Waals surface area contributed by atoms with Crippen LogP contribution in [0.25, 0.3) is 0 Å². The Hall–Kier alpha value is -1.16. The summed E-state index contributed by atoms with van der Waals surface area (Å²) < 4.78 is 5.53. The molecule has 1 saturated heterocycles. The standard InChI is InChI=1S/C15H20O4/c1-8-10-3-5-15(7-16)6-4-11(17)9(2)12(15)13(10)19-14(8)18/h8,10,13,16H,3-7H2,1-2H3. The fourth-order valence-electron chi connectivity index (χ4n) is 4.12. The van der Waals surface area contributed by atoms with Gasteiger partial charge in [-0.15, -0.1) is 0 Å². The van der Waals surface area contributed by atoms with Crippen molar-refractivity contribution in [3.8, 4) is 0 Å². The van der Waals surface area contributed by atoms with Crippen LogP contribution >= 0.6 is 0 Å². The Morgan fingerprint density at radius 2 is 2.11 bits per heavy atom. The van der Waals surface area contributed by atoms with Gasteiger partial charge in [0.25, 0.3) is 0 Å². The molecule has 4 unspecified atom stereocenters. The third-order valence-corrected chi connectivity index (χ3v) is 5.41. The van der Waals surface area contributed by atoms with E-state index in [1.807, 2.05) is 13.8 Å². The Labute approximate surface area is 112 Å². The lowest BCUT2D eigenvalue weighted by Gasteiger charge is -2.46. The Morgan fingerprint density at radius 3 is 2.79 bits per heavy atom. The molecular weight excluding hydrogens is 244 g/mol. The average Bonchev–Trinajstić information content (AvgIpc) is 2.69. The van der Waals surface area contributed by atoms with E-state index < -0.39 is 0 Å². The molecule has 4 nitrogen and oxygen atoms in total. The molecule has 2 fully saturated rings. The third kappa shape index (κ3) is 1.62. The molecule has 1 heterocycles. The normalized spacial score (nSPS) is 41.9. The molecule has 3 aliphatic rings. The Bertz CT molecular complexity index is 479. The zero-order chi connectivity index (χ0) is 13.8. The summed E-state index contributed by atoms with van der Waals surface area (Å²) >= 11 is 0. The van der Waals surface area contributed by atoms with Crippen molar-refractivity contribution in [3.05, 3.63) is 11.1 Å². The van der Waals surface area contributed by atoms with Crippen LogP contribution in [0.3, 0.4) is 0 Å². The molecule has 104 valence electrons. The molecule has 1 saturated carbocycles. The molecular formula is C15H20O4. The van der Waals surface area contributed by atoms with Crippen LogP contribution in [-0.4, -0.2) is 29.6 Å². The van der Waals surface area contributed by atoms with E-state index in [2.05, 4.69) is 0 Å². The van der Waals surface area contributed by atoms with Gasteiger partial charge in [0.2, 0.25) is 0 Å². The second-order valence-corrected chi connectivity index (χ2v) is 6.25. The molecule has 19 heavy (non-hydrogen) atoms. The topological polar surface area (TPSA) is 63.6 Å². The van der Waals surface area contributed by atoms with E-state index in [0.29, 0.717) is 12.8 Å². The van der Waals surface area contributed by atoms with Gasteiger partial charge in [0.05, 0.1) is 12.5 Å². The lowest BCUT2D eigenvalue weighted by Crippen LogP contribution is -2.45. The number of hydrogen-bond donors (Lipinski definition) is 1. The summed E-state index contributed by atoms with van der Waals surface area (Å²) in [5, 5.41) is 9.85. The molecule has 1 N–H and O–H groups in total. The first-order chi connectivity index (χ1) is 9.00. The minimum absolute atomic E-state index is 0.0438. The number of ketones is 1. The molecule has 0 spiro atoms. The molecule has 0 amide bonds. The molecule has 4 heteroatoms. The quantitative estimate of drug-likeness (QED) is 0.731. The maximum Gasteiger partial charge on any atom is 0.309 e. The van der Waals surface area contributed by atoms with Gasteiger partial charge in [-0.3, -0.25) is 9.59 Å². The average molecular weight is 264 g/mol. The summed E-state index contributed by atoms with van der Waals surface area (Å²) in [7, 11) is 0. The fraction of sp³-hybridized carbons (Fsp3) is 0.733. The highest BCUT2D eigenvalue weighted by molar-refractivity contribution is 5.97. The van der Waals surface area contributed by atoms with Crippen molar-refractivity contribution < 1.29 is 19.4 Å². The van der Waals surface area contributed by atoms with Crippen molar-refractivity contribution in [2.24, 2.45) is 17.3 Å². The molecule has 2 aliphatic carbocycles. The third-order valence-electron chi connectivity index (χ3n) is 5.41. The van der Waals surface area contributed by atoms with E-state index in [4.69, 9.17) is 4.74 Å². The maximum atomic E-state index is 12.0. The first-order valence-electron chi connectivity index (χ1n) is 7.06. The number of rotatable bonds is 1. The number of aliphatic hydroxyl groups excluding tert-OH is 1. The minimum Gasteiger partial charge on any atom is -0.457 e.